The predicted octanol–water partition coefficient (Wildman–Crippen LogP) is 3.04. The molecule has 21 heavy (non-hydrogen) atoms. The van der Waals surface area contributed by atoms with E-state index in [9.17, 15) is 5.26 Å². The second kappa shape index (κ2) is 12.0. The van der Waals surface area contributed by atoms with Crippen molar-refractivity contribution in [3.8, 4) is 6.07 Å². The third-order valence-electron chi connectivity index (χ3n) is 3.65. The van der Waals surface area contributed by atoms with Crippen LogP contribution in [0.1, 0.15) is 53.4 Å². The van der Waals surface area contributed by atoms with E-state index in [0.29, 0.717) is 5.92 Å². The summed E-state index contributed by atoms with van der Waals surface area (Å²) in [6, 6.07) is 2.42. The Kier molecular flexibility index (Phi) is 11.6. The van der Waals surface area contributed by atoms with Gasteiger partial charge in [-0.15, -0.1) is 0 Å². The molecule has 0 amide bonds. The third-order valence-corrected chi connectivity index (χ3v) is 3.65. The number of hydrogen-bond acceptors (Lipinski definition) is 4. The van der Waals surface area contributed by atoms with Crippen molar-refractivity contribution in [3.63, 3.8) is 0 Å². The van der Waals surface area contributed by atoms with Crippen LogP contribution in [0.4, 0.5) is 0 Å². The molecule has 1 unspecified atom stereocenters. The van der Waals surface area contributed by atoms with Crippen molar-refractivity contribution in [3.05, 3.63) is 0 Å². The molecule has 0 fully saturated rings. The zero-order valence-corrected chi connectivity index (χ0v) is 14.7. The highest BCUT2D eigenvalue weighted by atomic mass is 16.5. The lowest BCUT2D eigenvalue weighted by molar-refractivity contribution is 0.138. The quantitative estimate of drug-likeness (QED) is 0.531. The zero-order chi connectivity index (χ0) is 16.1. The van der Waals surface area contributed by atoms with Crippen molar-refractivity contribution in [2.75, 3.05) is 39.9 Å². The Morgan fingerprint density at radius 1 is 1.29 bits per heavy atom. The molecule has 0 aliphatic heterocycles. The summed E-state index contributed by atoms with van der Waals surface area (Å²) < 4.78 is 5.18. The van der Waals surface area contributed by atoms with Gasteiger partial charge in [0.1, 0.15) is 5.54 Å². The molecular weight excluding hydrogens is 262 g/mol. The van der Waals surface area contributed by atoms with Crippen LogP contribution in [0, 0.1) is 17.2 Å². The van der Waals surface area contributed by atoms with E-state index in [0.717, 1.165) is 58.5 Å². The van der Waals surface area contributed by atoms with E-state index >= 15 is 0 Å². The lowest BCUT2D eigenvalue weighted by Gasteiger charge is -2.26. The van der Waals surface area contributed by atoms with Crippen LogP contribution in [0.15, 0.2) is 0 Å². The Bertz CT molecular complexity index is 288. The van der Waals surface area contributed by atoms with Crippen molar-refractivity contribution in [1.82, 2.24) is 10.2 Å². The number of rotatable bonds is 13. The summed E-state index contributed by atoms with van der Waals surface area (Å²) in [5.74, 6) is 0.678. The molecule has 0 radical (unpaired) electrons. The van der Waals surface area contributed by atoms with Crippen molar-refractivity contribution >= 4 is 0 Å². The fourth-order valence-electron chi connectivity index (χ4n) is 2.43. The molecule has 0 saturated heterocycles. The van der Waals surface area contributed by atoms with Gasteiger partial charge >= 0.3 is 0 Å². The van der Waals surface area contributed by atoms with Gasteiger partial charge in [0.05, 0.1) is 12.7 Å². The largest absolute Gasteiger partial charge is 0.383 e. The molecule has 0 aliphatic rings. The second-order valence-electron chi connectivity index (χ2n) is 6.52. The van der Waals surface area contributed by atoms with E-state index < -0.39 is 0 Å². The van der Waals surface area contributed by atoms with Gasteiger partial charge in [-0.05, 0) is 51.6 Å². The minimum atomic E-state index is -0.370. The third kappa shape index (κ3) is 10.7. The van der Waals surface area contributed by atoms with Gasteiger partial charge < -0.3 is 9.64 Å². The van der Waals surface area contributed by atoms with Gasteiger partial charge in [0.15, 0.2) is 0 Å². The van der Waals surface area contributed by atoms with Gasteiger partial charge in [-0.2, -0.15) is 5.26 Å². The van der Waals surface area contributed by atoms with Crippen molar-refractivity contribution in [1.29, 1.82) is 5.26 Å². The summed E-state index contributed by atoms with van der Waals surface area (Å²) >= 11 is 0. The van der Waals surface area contributed by atoms with Crippen molar-refractivity contribution in [2.45, 2.75) is 58.9 Å². The molecule has 0 aromatic rings. The molecular formula is C17H35N3O. The molecule has 1 N–H and O–H groups in total. The molecule has 0 bridgehead atoms. The van der Waals surface area contributed by atoms with Gasteiger partial charge in [-0.3, -0.25) is 5.32 Å². The molecule has 0 aromatic carbocycles. The first-order valence-electron chi connectivity index (χ1n) is 8.35. The first-order valence-corrected chi connectivity index (χ1v) is 8.35. The molecule has 4 nitrogen and oxygen atoms in total. The maximum absolute atomic E-state index is 9.32. The topological polar surface area (TPSA) is 48.3 Å². The summed E-state index contributed by atoms with van der Waals surface area (Å²) in [7, 11) is 1.76. The van der Waals surface area contributed by atoms with E-state index in [1.807, 2.05) is 6.92 Å². The number of nitriles is 1. The van der Waals surface area contributed by atoms with Crippen LogP contribution in [0.3, 0.4) is 0 Å². The standard InChI is InChI=1S/C17H35N3O/c1-6-10-19-17(4,15-18)9-7-8-11-20(12-13-21-5)14-16(2)3/h16,19H,6-14H2,1-5H3. The first-order chi connectivity index (χ1) is 9.97. The second-order valence-corrected chi connectivity index (χ2v) is 6.52. The fourth-order valence-corrected chi connectivity index (χ4v) is 2.43. The molecule has 0 aliphatic carbocycles. The summed E-state index contributed by atoms with van der Waals surface area (Å²) in [5.41, 5.74) is -0.370. The van der Waals surface area contributed by atoms with E-state index in [1.165, 1.54) is 0 Å². The monoisotopic (exact) mass is 297 g/mol. The van der Waals surface area contributed by atoms with Crippen LogP contribution in [-0.4, -0.2) is 50.3 Å². The molecule has 1 atom stereocenters. The van der Waals surface area contributed by atoms with Crippen LogP contribution in [-0.2, 0) is 4.74 Å². The number of nitrogens with zero attached hydrogens (tertiary/aromatic N) is 2. The summed E-state index contributed by atoms with van der Waals surface area (Å²) in [5, 5.41) is 12.7. The molecule has 4 heteroatoms. The van der Waals surface area contributed by atoms with Crippen LogP contribution >= 0.6 is 0 Å². The number of unbranched alkanes of at least 4 members (excludes halogenated alkanes) is 1. The van der Waals surface area contributed by atoms with E-state index in [4.69, 9.17) is 4.74 Å². The average Bonchev–Trinajstić information content (AvgIpc) is 2.46. The minimum absolute atomic E-state index is 0.370. The Labute approximate surface area is 131 Å². The number of ether oxygens (including phenoxy) is 1. The van der Waals surface area contributed by atoms with Crippen molar-refractivity contribution in [2.24, 2.45) is 5.92 Å². The highest BCUT2D eigenvalue weighted by Gasteiger charge is 2.21. The van der Waals surface area contributed by atoms with Crippen LogP contribution in [0.25, 0.3) is 0 Å². The molecule has 0 aromatic heterocycles. The van der Waals surface area contributed by atoms with Gasteiger partial charge in [0.25, 0.3) is 0 Å². The highest BCUT2D eigenvalue weighted by Crippen LogP contribution is 2.13. The first kappa shape index (κ1) is 20.4. The fraction of sp³-hybridized carbons (Fsp3) is 0.941. The summed E-state index contributed by atoms with van der Waals surface area (Å²) in [6.45, 7) is 13.6. The Balaban J connectivity index is 4.04. The number of nitrogens with one attached hydrogen (secondary N) is 1. The normalized spacial score (nSPS) is 14.4. The minimum Gasteiger partial charge on any atom is -0.383 e. The molecule has 0 heterocycles. The zero-order valence-electron chi connectivity index (χ0n) is 14.7. The van der Waals surface area contributed by atoms with Gasteiger partial charge in [0, 0.05) is 20.2 Å². The van der Waals surface area contributed by atoms with Crippen molar-refractivity contribution < 1.29 is 4.74 Å². The van der Waals surface area contributed by atoms with Gasteiger partial charge in [-0.25, -0.2) is 0 Å². The Morgan fingerprint density at radius 3 is 2.52 bits per heavy atom. The summed E-state index contributed by atoms with van der Waals surface area (Å²) in [6.07, 6.45) is 4.21. The predicted molar refractivity (Wildman–Crippen MR) is 89.3 cm³/mol. The lowest BCUT2D eigenvalue weighted by atomic mass is 9.96. The highest BCUT2D eigenvalue weighted by molar-refractivity contribution is 5.03. The van der Waals surface area contributed by atoms with Gasteiger partial charge in [0.2, 0.25) is 0 Å². The smallest absolute Gasteiger partial charge is 0.103 e. The maximum Gasteiger partial charge on any atom is 0.103 e. The average molecular weight is 297 g/mol. The lowest BCUT2D eigenvalue weighted by Crippen LogP contribution is -2.41. The van der Waals surface area contributed by atoms with Crippen LogP contribution in [0.5, 0.6) is 0 Å². The molecule has 0 spiro atoms. The van der Waals surface area contributed by atoms with Crippen LogP contribution in [0.2, 0.25) is 0 Å². The Hall–Kier alpha value is -0.630. The molecule has 0 saturated carbocycles. The Morgan fingerprint density at radius 2 is 2.00 bits per heavy atom. The summed E-state index contributed by atoms with van der Waals surface area (Å²) in [4.78, 5) is 2.47. The maximum atomic E-state index is 9.32. The molecule has 124 valence electrons. The van der Waals surface area contributed by atoms with Gasteiger partial charge in [-0.1, -0.05) is 20.8 Å². The van der Waals surface area contributed by atoms with Crippen LogP contribution < -0.4 is 5.32 Å². The van der Waals surface area contributed by atoms with E-state index in [1.54, 1.807) is 7.11 Å². The number of hydrogen-bond donors (Lipinski definition) is 1. The van der Waals surface area contributed by atoms with E-state index in [2.05, 4.69) is 37.1 Å². The SMILES string of the molecule is CCCNC(C)(C#N)CCCCN(CCOC)CC(C)C. The molecule has 0 rings (SSSR count). The number of methoxy groups -OCH3 is 1. The van der Waals surface area contributed by atoms with E-state index in [-0.39, 0.29) is 5.54 Å².